The summed E-state index contributed by atoms with van der Waals surface area (Å²) < 4.78 is 25.0. The molecule has 0 saturated carbocycles. The van der Waals surface area contributed by atoms with Crippen LogP contribution in [0, 0.1) is 10.1 Å². The number of non-ortho nitro benzene ring substituents is 1. The van der Waals surface area contributed by atoms with Gasteiger partial charge in [-0.15, -0.1) is 0 Å². The molecular weight excluding hydrogens is 440 g/mol. The average Bonchev–Trinajstić information content (AvgIpc) is 3.12. The smallest absolute Gasteiger partial charge is 0.270 e. The molecule has 0 aliphatic heterocycles. The highest BCUT2D eigenvalue weighted by Gasteiger charge is 2.26. The topological polar surface area (TPSA) is 114 Å². The molecule has 0 bridgehead atoms. The predicted molar refractivity (Wildman–Crippen MR) is 121 cm³/mol. The second kappa shape index (κ2) is 9.08. The fourth-order valence-corrected chi connectivity index (χ4v) is 4.97. The van der Waals surface area contributed by atoms with Crippen molar-refractivity contribution in [2.75, 3.05) is 38.3 Å². The van der Waals surface area contributed by atoms with Crippen molar-refractivity contribution in [1.29, 1.82) is 0 Å². The van der Waals surface area contributed by atoms with Gasteiger partial charge in [-0.25, -0.2) is 13.4 Å². The maximum Gasteiger partial charge on any atom is 0.270 e. The van der Waals surface area contributed by atoms with E-state index in [9.17, 15) is 23.3 Å². The van der Waals surface area contributed by atoms with Crippen molar-refractivity contribution in [3.05, 3.63) is 58.1 Å². The van der Waals surface area contributed by atoms with Crippen molar-refractivity contribution in [2.45, 2.75) is 11.3 Å². The average molecular weight is 463 g/mol. The van der Waals surface area contributed by atoms with E-state index in [1.165, 1.54) is 29.2 Å². The number of hydrogen-bond donors (Lipinski definition) is 0. The van der Waals surface area contributed by atoms with Gasteiger partial charge in [-0.3, -0.25) is 19.8 Å². The minimum atomic E-state index is -3.62. The number of hydrogen-bond acceptors (Lipinski definition) is 8. The molecule has 9 nitrogen and oxygen atoms in total. The number of aromatic nitrogens is 1. The van der Waals surface area contributed by atoms with Crippen LogP contribution in [0.1, 0.15) is 16.8 Å². The fourth-order valence-electron chi connectivity index (χ4n) is 3.07. The molecule has 1 heterocycles. The lowest BCUT2D eigenvalue weighted by atomic mass is 10.2. The van der Waals surface area contributed by atoms with Crippen LogP contribution in [0.25, 0.3) is 10.2 Å². The number of thiazole rings is 1. The van der Waals surface area contributed by atoms with Gasteiger partial charge in [-0.2, -0.15) is 0 Å². The monoisotopic (exact) mass is 462 g/mol. The molecule has 0 saturated heterocycles. The van der Waals surface area contributed by atoms with Crippen LogP contribution in [-0.4, -0.2) is 62.6 Å². The first-order valence-corrected chi connectivity index (χ1v) is 12.1. The Morgan fingerprint density at radius 2 is 1.87 bits per heavy atom. The molecule has 31 heavy (non-hydrogen) atoms. The van der Waals surface area contributed by atoms with Crippen molar-refractivity contribution in [3.63, 3.8) is 0 Å². The summed E-state index contributed by atoms with van der Waals surface area (Å²) in [6, 6.07) is 10.4. The number of nitro groups is 1. The number of anilines is 1. The third-order valence-corrected chi connectivity index (χ3v) is 6.75. The van der Waals surface area contributed by atoms with E-state index in [2.05, 4.69) is 4.98 Å². The Morgan fingerprint density at radius 1 is 1.16 bits per heavy atom. The first kappa shape index (κ1) is 22.8. The standard InChI is InChI=1S/C20H22N4O5S2/c1-22(2)11-6-12-23(19(25)15-7-4-5-8-18(15)31(3,28)29)20-21-16-10-9-14(24(26)27)13-17(16)30-20/h4-5,7-10,13H,6,11-12H2,1-3H3. The van der Waals surface area contributed by atoms with Gasteiger partial charge in [0.25, 0.3) is 11.6 Å². The van der Waals surface area contributed by atoms with Gasteiger partial charge in [0.2, 0.25) is 0 Å². The SMILES string of the molecule is CN(C)CCCN(C(=O)c1ccccc1S(C)(=O)=O)c1nc2ccc([N+](=O)[O-])cc2s1. The molecule has 11 heteroatoms. The molecule has 0 radical (unpaired) electrons. The van der Waals surface area contributed by atoms with Crippen molar-refractivity contribution < 1.29 is 18.1 Å². The number of nitrogens with zero attached hydrogens (tertiary/aromatic N) is 4. The summed E-state index contributed by atoms with van der Waals surface area (Å²) in [4.78, 5) is 31.9. The summed E-state index contributed by atoms with van der Waals surface area (Å²) in [5, 5.41) is 11.4. The van der Waals surface area contributed by atoms with E-state index in [-0.39, 0.29) is 16.1 Å². The van der Waals surface area contributed by atoms with Crippen LogP contribution in [-0.2, 0) is 9.84 Å². The highest BCUT2D eigenvalue weighted by atomic mass is 32.2. The van der Waals surface area contributed by atoms with Crippen LogP contribution in [0.15, 0.2) is 47.4 Å². The number of nitro benzene ring substituents is 1. The largest absolute Gasteiger partial charge is 0.309 e. The van der Waals surface area contributed by atoms with E-state index in [0.29, 0.717) is 34.9 Å². The minimum Gasteiger partial charge on any atom is -0.309 e. The molecule has 0 aliphatic rings. The lowest BCUT2D eigenvalue weighted by molar-refractivity contribution is -0.384. The summed E-state index contributed by atoms with van der Waals surface area (Å²) in [5.74, 6) is -0.478. The fraction of sp³-hybridized carbons (Fsp3) is 0.300. The van der Waals surface area contributed by atoms with E-state index in [1.807, 2.05) is 19.0 Å². The molecule has 1 amide bonds. The molecule has 1 aromatic heterocycles. The maximum absolute atomic E-state index is 13.4. The Morgan fingerprint density at radius 3 is 2.52 bits per heavy atom. The summed E-state index contributed by atoms with van der Waals surface area (Å²) in [6.45, 7) is 1.03. The van der Waals surface area contributed by atoms with E-state index in [4.69, 9.17) is 0 Å². The van der Waals surface area contributed by atoms with Crippen LogP contribution in [0.2, 0.25) is 0 Å². The van der Waals surface area contributed by atoms with Gasteiger partial charge in [-0.1, -0.05) is 23.5 Å². The highest BCUT2D eigenvalue weighted by molar-refractivity contribution is 7.90. The van der Waals surface area contributed by atoms with Crippen LogP contribution in [0.4, 0.5) is 10.8 Å². The van der Waals surface area contributed by atoms with Crippen molar-refractivity contribution in [2.24, 2.45) is 0 Å². The predicted octanol–water partition coefficient (Wildman–Crippen LogP) is 3.21. The van der Waals surface area contributed by atoms with Gasteiger partial charge in [0, 0.05) is 24.9 Å². The van der Waals surface area contributed by atoms with Crippen LogP contribution < -0.4 is 4.90 Å². The summed E-state index contributed by atoms with van der Waals surface area (Å²) in [7, 11) is 0.222. The van der Waals surface area contributed by atoms with Gasteiger partial charge >= 0.3 is 0 Å². The van der Waals surface area contributed by atoms with Gasteiger partial charge in [0.05, 0.1) is 25.6 Å². The lowest BCUT2D eigenvalue weighted by Crippen LogP contribution is -2.34. The first-order valence-electron chi connectivity index (χ1n) is 9.38. The van der Waals surface area contributed by atoms with Gasteiger partial charge < -0.3 is 4.90 Å². The molecule has 0 atom stereocenters. The number of benzene rings is 2. The summed E-state index contributed by atoms with van der Waals surface area (Å²) in [5.41, 5.74) is 0.545. The Bertz CT molecular complexity index is 1240. The number of carbonyl (C=O) groups excluding carboxylic acids is 1. The third kappa shape index (κ3) is 5.24. The third-order valence-electron chi connectivity index (χ3n) is 4.55. The van der Waals surface area contributed by atoms with E-state index < -0.39 is 20.7 Å². The van der Waals surface area contributed by atoms with Crippen molar-refractivity contribution in [3.8, 4) is 0 Å². The number of carbonyl (C=O) groups is 1. The normalized spacial score (nSPS) is 11.7. The summed E-state index contributed by atoms with van der Waals surface area (Å²) in [6.07, 6.45) is 1.70. The molecule has 0 unspecified atom stereocenters. The molecule has 164 valence electrons. The molecule has 2 aromatic carbocycles. The molecule has 0 aliphatic carbocycles. The Kier molecular flexibility index (Phi) is 6.68. The second-order valence-corrected chi connectivity index (χ2v) is 10.3. The second-order valence-electron chi connectivity index (χ2n) is 7.29. The van der Waals surface area contributed by atoms with Crippen molar-refractivity contribution in [1.82, 2.24) is 9.88 Å². The number of amides is 1. The van der Waals surface area contributed by atoms with Gasteiger partial charge in [0.15, 0.2) is 15.0 Å². The quantitative estimate of drug-likeness (QED) is 0.373. The lowest BCUT2D eigenvalue weighted by Gasteiger charge is -2.22. The minimum absolute atomic E-state index is 0.0469. The van der Waals surface area contributed by atoms with Crippen LogP contribution in [0.5, 0.6) is 0 Å². The Balaban J connectivity index is 2.06. The van der Waals surface area contributed by atoms with Crippen LogP contribution >= 0.6 is 11.3 Å². The van der Waals surface area contributed by atoms with Gasteiger partial charge in [0.1, 0.15) is 0 Å². The molecule has 3 rings (SSSR count). The maximum atomic E-state index is 13.4. The first-order chi connectivity index (χ1) is 14.6. The molecule has 3 aromatic rings. The highest BCUT2D eigenvalue weighted by Crippen LogP contribution is 2.33. The van der Waals surface area contributed by atoms with Crippen LogP contribution in [0.3, 0.4) is 0 Å². The van der Waals surface area contributed by atoms with E-state index in [0.717, 1.165) is 17.6 Å². The van der Waals surface area contributed by atoms with Crippen molar-refractivity contribution >= 4 is 48.1 Å². The molecule has 0 fully saturated rings. The Labute approximate surface area is 184 Å². The number of fused-ring (bicyclic) bond motifs is 1. The zero-order valence-electron chi connectivity index (χ0n) is 17.3. The Hall–Kier alpha value is -2.89. The summed E-state index contributed by atoms with van der Waals surface area (Å²) >= 11 is 1.16. The van der Waals surface area contributed by atoms with E-state index >= 15 is 0 Å². The molecule has 0 N–H and O–H groups in total. The zero-order chi connectivity index (χ0) is 22.8. The van der Waals surface area contributed by atoms with Gasteiger partial charge in [-0.05, 0) is 45.3 Å². The van der Waals surface area contributed by atoms with E-state index in [1.54, 1.807) is 18.2 Å². The number of sulfone groups is 1. The molecular formula is C20H22N4O5S2. The molecule has 0 spiro atoms. The number of rotatable bonds is 8. The zero-order valence-corrected chi connectivity index (χ0v) is 18.9.